The highest BCUT2D eigenvalue weighted by Crippen LogP contribution is 2.29. The van der Waals surface area contributed by atoms with Crippen molar-refractivity contribution in [2.45, 2.75) is 26.3 Å². The number of ether oxygens (including phenoxy) is 1. The van der Waals surface area contributed by atoms with E-state index in [2.05, 4.69) is 9.44 Å². The van der Waals surface area contributed by atoms with Gasteiger partial charge in [0.1, 0.15) is 16.4 Å². The molecule has 0 saturated carbocycles. The van der Waals surface area contributed by atoms with Crippen LogP contribution < -0.4 is 19.9 Å². The number of nitrogens with two attached hydrogens (primary N) is 1. The number of thiocarbonyl (C=S) groups is 1. The highest BCUT2D eigenvalue weighted by atomic mass is 32.2. The summed E-state index contributed by atoms with van der Waals surface area (Å²) in [5.74, 6) is 0.342. The third-order valence-electron chi connectivity index (χ3n) is 2.19. The molecule has 1 aromatic rings. The fourth-order valence-electron chi connectivity index (χ4n) is 1.57. The number of anilines is 1. The number of methoxy groups -OCH3 is 1. The summed E-state index contributed by atoms with van der Waals surface area (Å²) in [6, 6.07) is 4.93. The summed E-state index contributed by atoms with van der Waals surface area (Å²) >= 11 is 4.92. The van der Waals surface area contributed by atoms with Crippen LogP contribution in [0.5, 0.6) is 5.75 Å². The van der Waals surface area contributed by atoms with Crippen molar-refractivity contribution in [3.8, 4) is 5.75 Å². The molecule has 0 bridgehead atoms. The third-order valence-corrected chi connectivity index (χ3v) is 3.76. The van der Waals surface area contributed by atoms with Gasteiger partial charge >= 0.3 is 0 Å². The molecule has 0 aromatic heterocycles. The predicted molar refractivity (Wildman–Crippen MR) is 84.3 cm³/mol. The Kier molecular flexibility index (Phi) is 4.95. The molecule has 112 valence electrons. The smallest absolute Gasteiger partial charge is 0.299 e. The van der Waals surface area contributed by atoms with Gasteiger partial charge in [-0.3, -0.25) is 4.72 Å². The van der Waals surface area contributed by atoms with Gasteiger partial charge in [0, 0.05) is 11.1 Å². The average molecular weight is 317 g/mol. The first-order valence-electron chi connectivity index (χ1n) is 5.84. The van der Waals surface area contributed by atoms with Crippen molar-refractivity contribution in [3.05, 3.63) is 23.8 Å². The Labute approximate surface area is 124 Å². The standard InChI is InChI=1S/C12H19N3O3S2/c1-12(2,3)15-20(16,17)14-10-8(11(13)19)6-5-7-9(10)18-4/h5-7,14-15H,1-4H3,(H2,13,19). The van der Waals surface area contributed by atoms with Gasteiger partial charge in [-0.2, -0.15) is 13.1 Å². The zero-order valence-corrected chi connectivity index (χ0v) is 13.5. The molecule has 0 fully saturated rings. The van der Waals surface area contributed by atoms with Gasteiger partial charge < -0.3 is 10.5 Å². The molecule has 8 heteroatoms. The number of rotatable bonds is 5. The quantitative estimate of drug-likeness (QED) is 0.713. The molecule has 20 heavy (non-hydrogen) atoms. The Morgan fingerprint density at radius 1 is 1.35 bits per heavy atom. The number of para-hydroxylation sites is 1. The topological polar surface area (TPSA) is 93.4 Å². The zero-order valence-electron chi connectivity index (χ0n) is 11.9. The Hall–Kier alpha value is -1.38. The van der Waals surface area contributed by atoms with Crippen molar-refractivity contribution in [1.82, 2.24) is 4.72 Å². The summed E-state index contributed by atoms with van der Waals surface area (Å²) < 4.78 is 34.2. The Balaban J connectivity index is 3.23. The van der Waals surface area contributed by atoms with Gasteiger partial charge in [-0.15, -0.1) is 0 Å². The molecular weight excluding hydrogens is 298 g/mol. The maximum absolute atomic E-state index is 12.1. The largest absolute Gasteiger partial charge is 0.495 e. The highest BCUT2D eigenvalue weighted by Gasteiger charge is 2.22. The molecule has 0 aliphatic carbocycles. The lowest BCUT2D eigenvalue weighted by atomic mass is 10.1. The van der Waals surface area contributed by atoms with E-state index in [0.29, 0.717) is 11.3 Å². The van der Waals surface area contributed by atoms with E-state index in [0.717, 1.165) is 0 Å². The lowest BCUT2D eigenvalue weighted by Gasteiger charge is -2.22. The van der Waals surface area contributed by atoms with E-state index in [9.17, 15) is 8.42 Å². The second-order valence-corrected chi connectivity index (χ2v) is 7.06. The minimum Gasteiger partial charge on any atom is -0.495 e. The third kappa shape index (κ3) is 4.62. The first-order chi connectivity index (χ1) is 9.06. The molecule has 4 N–H and O–H groups in total. The van der Waals surface area contributed by atoms with E-state index >= 15 is 0 Å². The van der Waals surface area contributed by atoms with Crippen LogP contribution in [0.3, 0.4) is 0 Å². The fraction of sp³-hybridized carbons (Fsp3) is 0.417. The lowest BCUT2D eigenvalue weighted by molar-refractivity contribution is 0.416. The Bertz CT molecular complexity index is 607. The molecule has 0 spiro atoms. The van der Waals surface area contributed by atoms with Crippen molar-refractivity contribution in [2.75, 3.05) is 11.8 Å². The van der Waals surface area contributed by atoms with E-state index in [-0.39, 0.29) is 10.7 Å². The molecule has 0 heterocycles. The molecule has 0 saturated heterocycles. The molecule has 0 unspecified atom stereocenters. The van der Waals surface area contributed by atoms with Crippen molar-refractivity contribution in [3.63, 3.8) is 0 Å². The summed E-state index contributed by atoms with van der Waals surface area (Å²) in [6.07, 6.45) is 0. The van der Waals surface area contributed by atoms with Crippen LogP contribution in [0.1, 0.15) is 26.3 Å². The molecule has 0 aliphatic heterocycles. The molecule has 0 atom stereocenters. The van der Waals surface area contributed by atoms with Gasteiger partial charge in [-0.25, -0.2) is 0 Å². The van der Waals surface area contributed by atoms with Crippen LogP contribution in [0.4, 0.5) is 5.69 Å². The van der Waals surface area contributed by atoms with Crippen LogP contribution in [-0.2, 0) is 10.2 Å². The van der Waals surface area contributed by atoms with Crippen molar-refractivity contribution in [1.29, 1.82) is 0 Å². The number of hydrogen-bond donors (Lipinski definition) is 3. The van der Waals surface area contributed by atoms with Crippen molar-refractivity contribution >= 4 is 33.1 Å². The molecule has 6 nitrogen and oxygen atoms in total. The Morgan fingerprint density at radius 2 is 1.95 bits per heavy atom. The predicted octanol–water partition coefficient (Wildman–Crippen LogP) is 1.37. The molecule has 1 aromatic carbocycles. The first kappa shape index (κ1) is 16.7. The van der Waals surface area contributed by atoms with Crippen LogP contribution in [0.25, 0.3) is 0 Å². The van der Waals surface area contributed by atoms with Crippen LogP contribution in [-0.4, -0.2) is 26.1 Å². The highest BCUT2D eigenvalue weighted by molar-refractivity contribution is 7.90. The summed E-state index contributed by atoms with van der Waals surface area (Å²) in [7, 11) is -2.34. The minimum absolute atomic E-state index is 0.0809. The number of nitrogens with one attached hydrogen (secondary N) is 2. The van der Waals surface area contributed by atoms with E-state index in [1.807, 2.05) is 0 Å². The zero-order chi connectivity index (χ0) is 15.6. The lowest BCUT2D eigenvalue weighted by Crippen LogP contribution is -2.43. The number of benzene rings is 1. The van der Waals surface area contributed by atoms with E-state index in [1.54, 1.807) is 39.0 Å². The average Bonchev–Trinajstić information content (AvgIpc) is 2.24. The van der Waals surface area contributed by atoms with Gasteiger partial charge in [0.25, 0.3) is 10.2 Å². The second kappa shape index (κ2) is 5.94. The van der Waals surface area contributed by atoms with Gasteiger partial charge in [0.15, 0.2) is 0 Å². The van der Waals surface area contributed by atoms with Gasteiger partial charge in [0.2, 0.25) is 0 Å². The molecule has 0 amide bonds. The van der Waals surface area contributed by atoms with Crippen LogP contribution in [0, 0.1) is 0 Å². The van der Waals surface area contributed by atoms with E-state index in [1.165, 1.54) is 7.11 Å². The van der Waals surface area contributed by atoms with Gasteiger partial charge in [-0.05, 0) is 32.9 Å². The minimum atomic E-state index is -3.78. The molecule has 1 rings (SSSR count). The maximum atomic E-state index is 12.1. The summed E-state index contributed by atoms with van der Waals surface area (Å²) in [4.78, 5) is 0.0809. The second-order valence-electron chi connectivity index (χ2n) is 5.20. The maximum Gasteiger partial charge on any atom is 0.299 e. The summed E-state index contributed by atoms with van der Waals surface area (Å²) in [6.45, 7) is 5.22. The molecule has 0 radical (unpaired) electrons. The van der Waals surface area contributed by atoms with E-state index in [4.69, 9.17) is 22.7 Å². The van der Waals surface area contributed by atoms with E-state index < -0.39 is 15.7 Å². The monoisotopic (exact) mass is 317 g/mol. The fourth-order valence-corrected chi connectivity index (χ4v) is 3.08. The SMILES string of the molecule is COc1cccc(C(N)=S)c1NS(=O)(=O)NC(C)(C)C. The van der Waals surface area contributed by atoms with Crippen molar-refractivity contribution < 1.29 is 13.2 Å². The first-order valence-corrected chi connectivity index (χ1v) is 7.73. The van der Waals surface area contributed by atoms with Gasteiger partial charge in [-0.1, -0.05) is 18.3 Å². The normalized spacial score (nSPS) is 12.0. The summed E-state index contributed by atoms with van der Waals surface area (Å²) in [5.41, 5.74) is 5.61. The van der Waals surface area contributed by atoms with Crippen LogP contribution in [0.2, 0.25) is 0 Å². The van der Waals surface area contributed by atoms with Crippen molar-refractivity contribution in [2.24, 2.45) is 5.73 Å². The summed E-state index contributed by atoms with van der Waals surface area (Å²) in [5, 5.41) is 0. The number of hydrogen-bond acceptors (Lipinski definition) is 4. The Morgan fingerprint density at radius 3 is 2.40 bits per heavy atom. The van der Waals surface area contributed by atoms with Crippen LogP contribution in [0.15, 0.2) is 18.2 Å². The molecule has 0 aliphatic rings. The van der Waals surface area contributed by atoms with Gasteiger partial charge in [0.05, 0.1) is 7.11 Å². The van der Waals surface area contributed by atoms with Crippen LogP contribution >= 0.6 is 12.2 Å². The molecular formula is C12H19N3O3S2.